The van der Waals surface area contributed by atoms with Crippen molar-refractivity contribution < 1.29 is 9.90 Å². The van der Waals surface area contributed by atoms with Gasteiger partial charge in [0.1, 0.15) is 0 Å². The van der Waals surface area contributed by atoms with Crippen LogP contribution >= 0.6 is 0 Å². The van der Waals surface area contributed by atoms with E-state index in [1.54, 1.807) is 0 Å². The van der Waals surface area contributed by atoms with Crippen molar-refractivity contribution in [2.45, 2.75) is 103 Å². The Kier molecular flexibility index (Phi) is 20.7. The molecule has 1 fully saturated rings. The maximum atomic E-state index is 10.3. The minimum atomic E-state index is -0.664. The van der Waals surface area contributed by atoms with Crippen LogP contribution in [0.15, 0.2) is 109 Å². The van der Waals surface area contributed by atoms with Gasteiger partial charge in [0.25, 0.3) is 0 Å². The van der Waals surface area contributed by atoms with Crippen LogP contribution in [0.25, 0.3) is 6.08 Å². The molecule has 0 aromatic heterocycles. The van der Waals surface area contributed by atoms with Crippen molar-refractivity contribution in [3.8, 4) is 0 Å². The molecular weight excluding hydrogens is 588 g/mol. The molecule has 3 aromatic carbocycles. The Labute approximate surface area is 292 Å². The molecule has 0 amide bonds. The third-order valence-corrected chi connectivity index (χ3v) is 9.13. The number of nitrogens with zero attached hydrogens (tertiary/aromatic N) is 2. The summed E-state index contributed by atoms with van der Waals surface area (Å²) in [4.78, 5) is 15.5. The molecule has 260 valence electrons. The van der Waals surface area contributed by atoms with Gasteiger partial charge in [0.05, 0.1) is 6.04 Å². The van der Waals surface area contributed by atoms with Gasteiger partial charge in [-0.1, -0.05) is 174 Å². The molecule has 0 unspecified atom stereocenters. The van der Waals surface area contributed by atoms with Gasteiger partial charge in [-0.05, 0) is 48.8 Å². The van der Waals surface area contributed by atoms with Gasteiger partial charge in [-0.2, -0.15) is 0 Å². The van der Waals surface area contributed by atoms with Crippen LogP contribution in [0.3, 0.4) is 0 Å². The Morgan fingerprint density at radius 1 is 0.625 bits per heavy atom. The third-order valence-electron chi connectivity index (χ3n) is 9.13. The normalized spacial score (nSPS) is 14.0. The largest absolute Gasteiger partial charge is 0.481 e. The van der Waals surface area contributed by atoms with Crippen LogP contribution in [-0.4, -0.2) is 53.6 Å². The van der Waals surface area contributed by atoms with Gasteiger partial charge in [0, 0.05) is 39.1 Å². The Balaban J connectivity index is 0.000000279. The summed E-state index contributed by atoms with van der Waals surface area (Å²) >= 11 is 0. The fourth-order valence-corrected chi connectivity index (χ4v) is 6.34. The predicted molar refractivity (Wildman–Crippen MR) is 205 cm³/mol. The molecule has 48 heavy (non-hydrogen) atoms. The number of carboxylic acid groups (broad SMARTS) is 1. The van der Waals surface area contributed by atoms with Crippen molar-refractivity contribution in [2.75, 3.05) is 32.7 Å². The number of unbranched alkanes of at least 4 members (excludes halogenated alkanes) is 11. The van der Waals surface area contributed by atoms with E-state index >= 15 is 0 Å². The lowest BCUT2D eigenvalue weighted by atomic mass is 9.96. The zero-order valence-electron chi connectivity index (χ0n) is 29.7. The van der Waals surface area contributed by atoms with E-state index in [0.717, 1.165) is 45.6 Å². The van der Waals surface area contributed by atoms with Gasteiger partial charge in [-0.15, -0.1) is 0 Å². The van der Waals surface area contributed by atoms with Gasteiger partial charge >= 0.3 is 5.97 Å². The van der Waals surface area contributed by atoms with Crippen LogP contribution in [0.1, 0.15) is 120 Å². The minimum absolute atomic E-state index is 0.332. The molecule has 1 aliphatic heterocycles. The van der Waals surface area contributed by atoms with Gasteiger partial charge in [-0.3, -0.25) is 14.6 Å². The Hall–Kier alpha value is -3.47. The second-order valence-corrected chi connectivity index (χ2v) is 13.1. The predicted octanol–water partition coefficient (Wildman–Crippen LogP) is 11.2. The fraction of sp³-hybridized carbons (Fsp3) is 0.477. The van der Waals surface area contributed by atoms with Crippen LogP contribution in [0.5, 0.6) is 0 Å². The number of rotatable bonds is 21. The van der Waals surface area contributed by atoms with Crippen molar-refractivity contribution in [1.82, 2.24) is 9.80 Å². The third kappa shape index (κ3) is 17.1. The van der Waals surface area contributed by atoms with E-state index in [2.05, 4.69) is 132 Å². The topological polar surface area (TPSA) is 43.8 Å². The maximum Gasteiger partial charge on any atom is 0.303 e. The molecule has 0 atom stereocenters. The monoisotopic (exact) mass is 650 g/mol. The van der Waals surface area contributed by atoms with E-state index in [9.17, 15) is 4.79 Å². The van der Waals surface area contributed by atoms with Crippen molar-refractivity contribution >= 4 is 12.0 Å². The molecule has 1 saturated heterocycles. The van der Waals surface area contributed by atoms with E-state index in [-0.39, 0.29) is 0 Å². The summed E-state index contributed by atoms with van der Waals surface area (Å²) in [5.41, 5.74) is 4.03. The van der Waals surface area contributed by atoms with E-state index < -0.39 is 5.97 Å². The lowest BCUT2D eigenvalue weighted by Crippen LogP contribution is -2.47. The van der Waals surface area contributed by atoms with Crippen LogP contribution < -0.4 is 0 Å². The van der Waals surface area contributed by atoms with Crippen molar-refractivity contribution in [3.05, 3.63) is 126 Å². The highest BCUT2D eigenvalue weighted by atomic mass is 16.4. The average molecular weight is 651 g/mol. The first-order chi connectivity index (χ1) is 23.7. The van der Waals surface area contributed by atoms with E-state index in [1.807, 2.05) is 0 Å². The Morgan fingerprint density at radius 2 is 1.10 bits per heavy atom. The first-order valence-electron chi connectivity index (χ1n) is 18.8. The highest BCUT2D eigenvalue weighted by Crippen LogP contribution is 2.29. The SMILES string of the molecule is C(=Cc1ccccc1)CN1CCN(C(c2ccccc2)c2ccccc2)CC1.CCCCCCCCC=CCCCCCCCC(=O)O. The smallest absolute Gasteiger partial charge is 0.303 e. The highest BCUT2D eigenvalue weighted by molar-refractivity contribution is 5.66. The molecule has 1 aliphatic rings. The molecular formula is C44H62N2O2. The molecule has 0 aliphatic carbocycles. The molecule has 1 N–H and O–H groups in total. The summed E-state index contributed by atoms with van der Waals surface area (Å²) in [6.45, 7) is 7.67. The van der Waals surface area contributed by atoms with Gasteiger partial charge in [-0.25, -0.2) is 0 Å². The molecule has 3 aromatic rings. The number of carboxylic acids is 1. The molecule has 0 spiro atoms. The standard InChI is InChI=1S/C26H28N2.C18H34O2/c1-4-11-23(12-5-1)13-10-18-27-19-21-28(22-20-27)26(24-14-6-2-7-15-24)25-16-8-3-9-17-25;1-2-3-4-5-6-7-8-9-10-11-12-13-14-15-16-17-18(19)20/h1-17,26H,18-22H2;9-10H,2-8,11-17H2,1H3,(H,19,20). The van der Waals surface area contributed by atoms with Gasteiger partial charge in [0.15, 0.2) is 0 Å². The first kappa shape index (κ1) is 39.0. The van der Waals surface area contributed by atoms with Crippen molar-refractivity contribution in [2.24, 2.45) is 0 Å². The number of allylic oxidation sites excluding steroid dienone is 2. The molecule has 0 radical (unpaired) electrons. The second kappa shape index (κ2) is 25.5. The summed E-state index contributed by atoms with van der Waals surface area (Å²) in [5, 5.41) is 8.51. The van der Waals surface area contributed by atoms with Crippen molar-refractivity contribution in [1.29, 1.82) is 0 Å². The van der Waals surface area contributed by atoms with Gasteiger partial charge < -0.3 is 5.11 Å². The quantitative estimate of drug-likeness (QED) is 0.0920. The number of piperazine rings is 1. The highest BCUT2D eigenvalue weighted by Gasteiger charge is 2.25. The number of hydrogen-bond donors (Lipinski definition) is 1. The summed E-state index contributed by atoms with van der Waals surface area (Å²) in [7, 11) is 0. The van der Waals surface area contributed by atoms with E-state index in [1.165, 1.54) is 87.3 Å². The molecule has 4 heteroatoms. The summed E-state index contributed by atoms with van der Waals surface area (Å²) in [6.07, 6.45) is 25.8. The van der Waals surface area contributed by atoms with Crippen LogP contribution in [-0.2, 0) is 4.79 Å². The maximum absolute atomic E-state index is 10.3. The second-order valence-electron chi connectivity index (χ2n) is 13.1. The minimum Gasteiger partial charge on any atom is -0.481 e. The van der Waals surface area contributed by atoms with Gasteiger partial charge in [0.2, 0.25) is 0 Å². The van der Waals surface area contributed by atoms with Crippen LogP contribution in [0.2, 0.25) is 0 Å². The summed E-state index contributed by atoms with van der Waals surface area (Å²) in [6, 6.07) is 32.7. The number of hydrogen-bond acceptors (Lipinski definition) is 3. The Morgan fingerprint density at radius 3 is 1.62 bits per heavy atom. The van der Waals surface area contributed by atoms with E-state index in [0.29, 0.717) is 12.5 Å². The lowest BCUT2D eigenvalue weighted by molar-refractivity contribution is -0.137. The zero-order chi connectivity index (χ0) is 33.9. The number of benzene rings is 3. The molecule has 4 rings (SSSR count). The molecule has 1 heterocycles. The number of carbonyl (C=O) groups is 1. The first-order valence-corrected chi connectivity index (χ1v) is 18.8. The Bertz CT molecular complexity index is 1210. The fourth-order valence-electron chi connectivity index (χ4n) is 6.34. The summed E-state index contributed by atoms with van der Waals surface area (Å²) in [5.74, 6) is -0.664. The summed E-state index contributed by atoms with van der Waals surface area (Å²) < 4.78 is 0. The average Bonchev–Trinajstić information content (AvgIpc) is 3.12. The lowest BCUT2D eigenvalue weighted by Gasteiger charge is -2.39. The van der Waals surface area contributed by atoms with Crippen LogP contribution in [0, 0.1) is 0 Å². The zero-order valence-corrected chi connectivity index (χ0v) is 29.7. The van der Waals surface area contributed by atoms with E-state index in [4.69, 9.17) is 5.11 Å². The van der Waals surface area contributed by atoms with Crippen molar-refractivity contribution in [3.63, 3.8) is 0 Å². The molecule has 4 nitrogen and oxygen atoms in total. The van der Waals surface area contributed by atoms with Crippen LogP contribution in [0.4, 0.5) is 0 Å². The number of aliphatic carboxylic acids is 1. The molecule has 0 bridgehead atoms. The molecule has 0 saturated carbocycles.